The fourth-order valence-electron chi connectivity index (χ4n) is 1.88. The molecule has 132 valence electrons. The van der Waals surface area contributed by atoms with Crippen LogP contribution in [0.15, 0.2) is 27.6 Å². The van der Waals surface area contributed by atoms with Crippen LogP contribution >= 0.6 is 28.3 Å². The molecule has 1 aromatic carbocycles. The van der Waals surface area contributed by atoms with Crippen molar-refractivity contribution in [1.82, 2.24) is 4.31 Å². The predicted molar refractivity (Wildman–Crippen MR) is 95.4 cm³/mol. The fraction of sp³-hybridized carbons (Fsp3) is 0.500. The summed E-state index contributed by atoms with van der Waals surface area (Å²) in [7, 11) is -0.909. The first-order chi connectivity index (χ1) is 10.0. The van der Waals surface area contributed by atoms with Gasteiger partial charge in [-0.1, -0.05) is 13.8 Å². The zero-order chi connectivity index (χ0) is 17.1. The molecule has 2 N–H and O–H groups in total. The molecule has 0 aromatic heterocycles. The lowest BCUT2D eigenvalue weighted by Gasteiger charge is -2.28. The molecule has 0 aliphatic rings. The van der Waals surface area contributed by atoms with Crippen LogP contribution in [-0.4, -0.2) is 45.9 Å². The second-order valence-electron chi connectivity index (χ2n) is 5.77. The number of hydrogen-bond donors (Lipinski definition) is 1. The summed E-state index contributed by atoms with van der Waals surface area (Å²) in [4.78, 5) is 11.6. The molecule has 1 aromatic rings. The van der Waals surface area contributed by atoms with Crippen molar-refractivity contribution < 1.29 is 17.9 Å². The van der Waals surface area contributed by atoms with Crippen LogP contribution in [-0.2, 0) is 14.8 Å². The largest absolute Gasteiger partial charge is 0.465 e. The van der Waals surface area contributed by atoms with Gasteiger partial charge in [0, 0.05) is 18.1 Å². The minimum atomic E-state index is -3.68. The van der Waals surface area contributed by atoms with Gasteiger partial charge in [-0.3, -0.25) is 0 Å². The lowest BCUT2D eigenvalue weighted by Crippen LogP contribution is -2.39. The Morgan fingerprint density at radius 3 is 2.39 bits per heavy atom. The second kappa shape index (κ2) is 8.43. The predicted octanol–water partition coefficient (Wildman–Crippen LogP) is 2.26. The number of carbonyl (C=O) groups is 1. The lowest BCUT2D eigenvalue weighted by atomic mass is 9.94. The number of nitrogens with two attached hydrogens (primary N) is 1. The number of halogens is 2. The lowest BCUT2D eigenvalue weighted by molar-refractivity contribution is 0.0600. The van der Waals surface area contributed by atoms with E-state index in [2.05, 4.69) is 20.7 Å². The van der Waals surface area contributed by atoms with Crippen LogP contribution in [0.5, 0.6) is 0 Å². The van der Waals surface area contributed by atoms with E-state index in [0.29, 0.717) is 11.0 Å². The van der Waals surface area contributed by atoms with Gasteiger partial charge in [-0.15, -0.1) is 12.4 Å². The van der Waals surface area contributed by atoms with Gasteiger partial charge in [-0.05, 0) is 46.1 Å². The molecule has 0 bridgehead atoms. The molecule has 0 fully saturated rings. The summed E-state index contributed by atoms with van der Waals surface area (Å²) in [5.41, 5.74) is 5.60. The Morgan fingerprint density at radius 2 is 1.96 bits per heavy atom. The molecule has 23 heavy (non-hydrogen) atoms. The molecule has 0 aliphatic heterocycles. The van der Waals surface area contributed by atoms with Crippen molar-refractivity contribution >= 4 is 44.3 Å². The number of sulfonamides is 1. The number of carbonyl (C=O) groups excluding carboxylic acids is 1. The van der Waals surface area contributed by atoms with Crippen LogP contribution in [0.4, 0.5) is 0 Å². The van der Waals surface area contributed by atoms with Gasteiger partial charge in [0.05, 0.1) is 17.6 Å². The maximum Gasteiger partial charge on any atom is 0.337 e. The van der Waals surface area contributed by atoms with Gasteiger partial charge >= 0.3 is 5.97 Å². The Morgan fingerprint density at radius 1 is 1.39 bits per heavy atom. The standard InChI is InChI=1S/C14H21BrN2O4S.ClH/c1-14(2,8-16)9-17(3)22(19,20)12-6-5-10(7-11(12)15)13(18)21-4;/h5-7H,8-9,16H2,1-4H3;1H. The monoisotopic (exact) mass is 428 g/mol. The molecule has 0 spiro atoms. The van der Waals surface area contributed by atoms with E-state index in [1.54, 1.807) is 0 Å². The molecular formula is C14H22BrClN2O4S. The van der Waals surface area contributed by atoms with Gasteiger partial charge in [0.1, 0.15) is 0 Å². The zero-order valence-electron chi connectivity index (χ0n) is 13.5. The van der Waals surface area contributed by atoms with Crippen LogP contribution in [0.1, 0.15) is 24.2 Å². The number of methoxy groups -OCH3 is 1. The van der Waals surface area contributed by atoms with Crippen LogP contribution in [0.25, 0.3) is 0 Å². The molecule has 6 nitrogen and oxygen atoms in total. The number of hydrogen-bond acceptors (Lipinski definition) is 5. The van der Waals surface area contributed by atoms with Crippen LogP contribution in [0, 0.1) is 5.41 Å². The van der Waals surface area contributed by atoms with Gasteiger partial charge in [0.2, 0.25) is 10.0 Å². The van der Waals surface area contributed by atoms with Crippen molar-refractivity contribution in [2.24, 2.45) is 11.1 Å². The Bertz CT molecular complexity index is 665. The summed E-state index contributed by atoms with van der Waals surface area (Å²) in [6.45, 7) is 4.45. The quantitative estimate of drug-likeness (QED) is 0.701. The fourth-order valence-corrected chi connectivity index (χ4v) is 4.27. The van der Waals surface area contributed by atoms with Crippen molar-refractivity contribution in [2.45, 2.75) is 18.7 Å². The summed E-state index contributed by atoms with van der Waals surface area (Å²) in [6, 6.07) is 4.24. The summed E-state index contributed by atoms with van der Waals surface area (Å²) in [5.74, 6) is -0.526. The van der Waals surface area contributed by atoms with E-state index in [4.69, 9.17) is 5.73 Å². The summed E-state index contributed by atoms with van der Waals surface area (Å²) in [5, 5.41) is 0. The molecule has 1 rings (SSSR count). The zero-order valence-corrected chi connectivity index (χ0v) is 16.7. The van der Waals surface area contributed by atoms with Gasteiger partial charge < -0.3 is 10.5 Å². The molecule has 0 amide bonds. The van der Waals surface area contributed by atoms with E-state index in [-0.39, 0.29) is 34.8 Å². The third kappa shape index (κ3) is 5.42. The molecule has 0 aliphatic carbocycles. The Balaban J connectivity index is 0.00000484. The van der Waals surface area contributed by atoms with Crippen molar-refractivity contribution in [3.05, 3.63) is 28.2 Å². The normalized spacial score (nSPS) is 12.0. The van der Waals surface area contributed by atoms with E-state index >= 15 is 0 Å². The van der Waals surface area contributed by atoms with E-state index in [9.17, 15) is 13.2 Å². The molecule has 0 atom stereocenters. The van der Waals surface area contributed by atoms with E-state index < -0.39 is 16.0 Å². The molecular weight excluding hydrogens is 408 g/mol. The summed E-state index contributed by atoms with van der Waals surface area (Å²) < 4.78 is 31.5. The van der Waals surface area contributed by atoms with Gasteiger partial charge in [0.15, 0.2) is 0 Å². The Labute approximate surface area is 152 Å². The minimum Gasteiger partial charge on any atom is -0.465 e. The number of nitrogens with zero attached hydrogens (tertiary/aromatic N) is 1. The SMILES string of the molecule is COC(=O)c1ccc(S(=O)(=O)N(C)CC(C)(C)CN)c(Br)c1.Cl. The van der Waals surface area contributed by atoms with Crippen molar-refractivity contribution in [3.8, 4) is 0 Å². The van der Waals surface area contributed by atoms with Gasteiger partial charge in [-0.2, -0.15) is 0 Å². The summed E-state index contributed by atoms with van der Waals surface area (Å²) in [6.07, 6.45) is 0. The summed E-state index contributed by atoms with van der Waals surface area (Å²) >= 11 is 3.21. The van der Waals surface area contributed by atoms with E-state index in [1.807, 2.05) is 13.8 Å². The second-order valence-corrected chi connectivity index (χ2v) is 8.63. The number of esters is 1. The first kappa shape index (κ1) is 22.3. The van der Waals surface area contributed by atoms with Gasteiger partial charge in [0.25, 0.3) is 0 Å². The Kier molecular flexibility index (Phi) is 8.19. The van der Waals surface area contributed by atoms with Crippen LogP contribution in [0.2, 0.25) is 0 Å². The Hall–Kier alpha value is -0.670. The number of ether oxygens (including phenoxy) is 1. The number of benzene rings is 1. The van der Waals surface area contributed by atoms with E-state index in [1.165, 1.54) is 36.7 Å². The maximum absolute atomic E-state index is 12.6. The van der Waals surface area contributed by atoms with Gasteiger partial charge in [-0.25, -0.2) is 17.5 Å². The first-order valence-electron chi connectivity index (χ1n) is 6.59. The first-order valence-corrected chi connectivity index (χ1v) is 8.83. The average Bonchev–Trinajstić information content (AvgIpc) is 2.45. The molecule has 0 heterocycles. The smallest absolute Gasteiger partial charge is 0.337 e. The third-order valence-corrected chi connectivity index (χ3v) is 6.02. The average molecular weight is 430 g/mol. The minimum absolute atomic E-state index is 0. The van der Waals surface area contributed by atoms with Crippen LogP contribution < -0.4 is 5.73 Å². The highest BCUT2D eigenvalue weighted by Crippen LogP contribution is 2.27. The molecule has 0 radical (unpaired) electrons. The molecule has 0 unspecified atom stereocenters. The van der Waals surface area contributed by atoms with E-state index in [0.717, 1.165) is 0 Å². The third-order valence-electron chi connectivity index (χ3n) is 3.24. The maximum atomic E-state index is 12.6. The topological polar surface area (TPSA) is 89.7 Å². The number of rotatable bonds is 6. The van der Waals surface area contributed by atoms with Crippen LogP contribution in [0.3, 0.4) is 0 Å². The van der Waals surface area contributed by atoms with Crippen molar-refractivity contribution in [1.29, 1.82) is 0 Å². The molecule has 0 saturated heterocycles. The molecule has 0 saturated carbocycles. The molecule has 9 heteroatoms. The van der Waals surface area contributed by atoms with Crippen molar-refractivity contribution in [2.75, 3.05) is 27.2 Å². The highest BCUT2D eigenvalue weighted by Gasteiger charge is 2.29. The van der Waals surface area contributed by atoms with Crippen molar-refractivity contribution in [3.63, 3.8) is 0 Å². The highest BCUT2D eigenvalue weighted by molar-refractivity contribution is 9.10. The highest BCUT2D eigenvalue weighted by atomic mass is 79.9.